The highest BCUT2D eigenvalue weighted by atomic mass is 16.5. The summed E-state index contributed by atoms with van der Waals surface area (Å²) in [7, 11) is 0. The van der Waals surface area contributed by atoms with Gasteiger partial charge in [-0.3, -0.25) is 13.9 Å². The van der Waals surface area contributed by atoms with Gasteiger partial charge in [0.1, 0.15) is 18.5 Å². The van der Waals surface area contributed by atoms with Crippen molar-refractivity contribution in [2.45, 2.75) is 65.8 Å². The standard InChI is InChI=1S/C24H32N4O6/c1-4-7-13-26-16-25-21-20(26)22(30)28(24(32)27(21)12-5-2)14-18(29)15-34-19-10-8-17(9-11-19)23(31)33-6-3/h8-11,16,18,29H,4-7,12-15H2,1-3H3/t18-/m0/s1. The minimum absolute atomic E-state index is 0.133. The van der Waals surface area contributed by atoms with E-state index in [1.54, 1.807) is 42.1 Å². The Morgan fingerprint density at radius 2 is 1.79 bits per heavy atom. The van der Waals surface area contributed by atoms with Crippen LogP contribution in [-0.2, 0) is 24.4 Å². The number of aromatic nitrogens is 4. The van der Waals surface area contributed by atoms with Crippen molar-refractivity contribution >= 4 is 17.1 Å². The molecule has 3 aromatic rings. The fourth-order valence-corrected chi connectivity index (χ4v) is 3.68. The molecule has 0 aliphatic carbocycles. The number of carbonyl (C=O) groups excluding carboxylic acids is 1. The Kier molecular flexibility index (Phi) is 8.64. The van der Waals surface area contributed by atoms with Crippen LogP contribution in [0, 0.1) is 0 Å². The van der Waals surface area contributed by atoms with Crippen molar-refractivity contribution in [2.24, 2.45) is 0 Å². The van der Waals surface area contributed by atoms with E-state index in [0.717, 1.165) is 17.4 Å². The van der Waals surface area contributed by atoms with E-state index in [4.69, 9.17) is 9.47 Å². The lowest BCUT2D eigenvalue weighted by molar-refractivity contribution is 0.0526. The van der Waals surface area contributed by atoms with Crippen LogP contribution in [-0.4, -0.2) is 49.1 Å². The summed E-state index contributed by atoms with van der Waals surface area (Å²) >= 11 is 0. The molecule has 1 atom stereocenters. The van der Waals surface area contributed by atoms with Crippen molar-refractivity contribution < 1.29 is 19.4 Å². The van der Waals surface area contributed by atoms with Gasteiger partial charge < -0.3 is 19.1 Å². The van der Waals surface area contributed by atoms with Crippen LogP contribution < -0.4 is 16.0 Å². The van der Waals surface area contributed by atoms with Gasteiger partial charge in [0.05, 0.1) is 25.0 Å². The van der Waals surface area contributed by atoms with Crippen LogP contribution in [0.2, 0.25) is 0 Å². The highest BCUT2D eigenvalue weighted by Gasteiger charge is 2.20. The number of hydrogen-bond donors (Lipinski definition) is 1. The van der Waals surface area contributed by atoms with Gasteiger partial charge in [0.25, 0.3) is 5.56 Å². The second-order valence-electron chi connectivity index (χ2n) is 8.02. The number of ether oxygens (including phenoxy) is 2. The summed E-state index contributed by atoms with van der Waals surface area (Å²) in [5, 5.41) is 10.6. The number of fused-ring (bicyclic) bond motifs is 1. The fourth-order valence-electron chi connectivity index (χ4n) is 3.68. The van der Waals surface area contributed by atoms with Gasteiger partial charge in [-0.25, -0.2) is 14.6 Å². The van der Waals surface area contributed by atoms with Crippen molar-refractivity contribution in [3.05, 3.63) is 57.0 Å². The first-order valence-corrected chi connectivity index (χ1v) is 11.7. The van der Waals surface area contributed by atoms with E-state index < -0.39 is 23.3 Å². The van der Waals surface area contributed by atoms with Gasteiger partial charge >= 0.3 is 11.7 Å². The molecule has 1 N–H and O–H groups in total. The average molecular weight is 473 g/mol. The summed E-state index contributed by atoms with van der Waals surface area (Å²) in [6.45, 7) is 6.72. The van der Waals surface area contributed by atoms with Crippen LogP contribution in [0.3, 0.4) is 0 Å². The van der Waals surface area contributed by atoms with E-state index in [1.807, 2.05) is 6.92 Å². The summed E-state index contributed by atoms with van der Waals surface area (Å²) in [6, 6.07) is 6.33. The van der Waals surface area contributed by atoms with Gasteiger partial charge in [0, 0.05) is 13.1 Å². The summed E-state index contributed by atoms with van der Waals surface area (Å²) in [4.78, 5) is 42.3. The Morgan fingerprint density at radius 3 is 2.44 bits per heavy atom. The number of unbranched alkanes of at least 4 members (excludes halogenated alkanes) is 1. The second-order valence-corrected chi connectivity index (χ2v) is 8.02. The normalized spacial score (nSPS) is 12.1. The topological polar surface area (TPSA) is 118 Å². The summed E-state index contributed by atoms with van der Waals surface area (Å²) in [5.41, 5.74) is 0.156. The molecule has 3 rings (SSSR count). The second kappa shape index (κ2) is 11.6. The van der Waals surface area contributed by atoms with Crippen molar-refractivity contribution in [3.8, 4) is 5.75 Å². The number of nitrogens with zero attached hydrogens (tertiary/aromatic N) is 4. The van der Waals surface area contributed by atoms with E-state index in [9.17, 15) is 19.5 Å². The number of aliphatic hydroxyl groups is 1. The largest absolute Gasteiger partial charge is 0.491 e. The third-order valence-electron chi connectivity index (χ3n) is 5.38. The van der Waals surface area contributed by atoms with Gasteiger partial charge in [0.15, 0.2) is 11.2 Å². The number of imidazole rings is 1. The van der Waals surface area contributed by atoms with Crippen molar-refractivity contribution in [1.82, 2.24) is 18.7 Å². The number of carbonyl (C=O) groups is 1. The van der Waals surface area contributed by atoms with Gasteiger partial charge in [0.2, 0.25) is 0 Å². The molecular formula is C24H32N4O6. The molecule has 184 valence electrons. The highest BCUT2D eigenvalue weighted by molar-refractivity contribution is 5.89. The van der Waals surface area contributed by atoms with Crippen molar-refractivity contribution in [2.75, 3.05) is 13.2 Å². The van der Waals surface area contributed by atoms with Gasteiger partial charge in [-0.15, -0.1) is 0 Å². The lowest BCUT2D eigenvalue weighted by atomic mass is 10.2. The summed E-state index contributed by atoms with van der Waals surface area (Å²) < 4.78 is 14.9. The summed E-state index contributed by atoms with van der Waals surface area (Å²) in [6.07, 6.45) is 3.02. The first kappa shape index (κ1) is 25.2. The SMILES string of the molecule is CCCCn1cnc2c1c(=O)n(C[C@H](O)COc1ccc(C(=O)OCC)cc1)c(=O)n2CCC. The molecule has 34 heavy (non-hydrogen) atoms. The first-order chi connectivity index (χ1) is 16.4. The molecule has 0 saturated carbocycles. The molecule has 2 aromatic heterocycles. The highest BCUT2D eigenvalue weighted by Crippen LogP contribution is 2.14. The van der Waals surface area contributed by atoms with Gasteiger partial charge in [-0.1, -0.05) is 20.3 Å². The zero-order valence-electron chi connectivity index (χ0n) is 19.9. The maximum absolute atomic E-state index is 13.2. The zero-order valence-corrected chi connectivity index (χ0v) is 19.9. The number of benzene rings is 1. The molecule has 0 bridgehead atoms. The number of aryl methyl sites for hydroxylation is 2. The minimum Gasteiger partial charge on any atom is -0.491 e. The lowest BCUT2D eigenvalue weighted by Crippen LogP contribution is -2.44. The Morgan fingerprint density at radius 1 is 1.06 bits per heavy atom. The number of hydrogen-bond acceptors (Lipinski definition) is 7. The Balaban J connectivity index is 1.80. The predicted octanol–water partition coefficient (Wildman–Crippen LogP) is 2.19. The van der Waals surface area contributed by atoms with Crippen LogP contribution in [0.5, 0.6) is 5.75 Å². The molecule has 0 aliphatic heterocycles. The molecular weight excluding hydrogens is 440 g/mol. The van der Waals surface area contributed by atoms with E-state index in [-0.39, 0.29) is 19.8 Å². The molecule has 0 amide bonds. The van der Waals surface area contributed by atoms with Crippen molar-refractivity contribution in [3.63, 3.8) is 0 Å². The third kappa shape index (κ3) is 5.56. The zero-order chi connectivity index (χ0) is 24.7. The summed E-state index contributed by atoms with van der Waals surface area (Å²) in [5.74, 6) is 0.0151. The molecule has 10 nitrogen and oxygen atoms in total. The molecule has 0 radical (unpaired) electrons. The van der Waals surface area contributed by atoms with Crippen LogP contribution in [0.25, 0.3) is 11.2 Å². The van der Waals surface area contributed by atoms with Crippen molar-refractivity contribution in [1.29, 1.82) is 0 Å². The average Bonchev–Trinajstić information content (AvgIpc) is 3.26. The molecule has 1 aromatic carbocycles. The minimum atomic E-state index is -1.10. The molecule has 2 heterocycles. The Labute approximate surface area is 197 Å². The molecule has 0 unspecified atom stereocenters. The Hall–Kier alpha value is -3.40. The van der Waals surface area contributed by atoms with Gasteiger partial charge in [-0.2, -0.15) is 0 Å². The van der Waals surface area contributed by atoms with E-state index in [2.05, 4.69) is 11.9 Å². The first-order valence-electron chi connectivity index (χ1n) is 11.7. The number of esters is 1. The quantitative estimate of drug-likeness (QED) is 0.402. The van der Waals surface area contributed by atoms with Crippen LogP contribution in [0.4, 0.5) is 0 Å². The fraction of sp³-hybridized carbons (Fsp3) is 0.500. The maximum atomic E-state index is 13.2. The van der Waals surface area contributed by atoms with E-state index in [1.165, 1.54) is 4.57 Å². The van der Waals surface area contributed by atoms with Crippen LogP contribution >= 0.6 is 0 Å². The molecule has 0 fully saturated rings. The van der Waals surface area contributed by atoms with Gasteiger partial charge in [-0.05, 0) is 44.0 Å². The molecule has 0 saturated heterocycles. The third-order valence-corrected chi connectivity index (χ3v) is 5.38. The molecule has 0 aliphatic rings. The number of rotatable bonds is 12. The monoisotopic (exact) mass is 472 g/mol. The predicted molar refractivity (Wildman–Crippen MR) is 127 cm³/mol. The molecule has 10 heteroatoms. The molecule has 0 spiro atoms. The maximum Gasteiger partial charge on any atom is 0.338 e. The van der Waals surface area contributed by atoms with E-state index in [0.29, 0.717) is 42.0 Å². The lowest BCUT2D eigenvalue weighted by Gasteiger charge is -2.16. The smallest absolute Gasteiger partial charge is 0.338 e. The van der Waals surface area contributed by atoms with Crippen LogP contribution in [0.1, 0.15) is 50.4 Å². The number of aliphatic hydroxyl groups excluding tert-OH is 1. The Bertz CT molecular complexity index is 1230. The van der Waals surface area contributed by atoms with Crippen LogP contribution in [0.15, 0.2) is 40.2 Å². The van der Waals surface area contributed by atoms with E-state index >= 15 is 0 Å².